The van der Waals surface area contributed by atoms with Crippen LogP contribution in [-0.2, 0) is 4.74 Å². The van der Waals surface area contributed by atoms with Gasteiger partial charge in [-0.2, -0.15) is 0 Å². The molecule has 0 fully saturated rings. The van der Waals surface area contributed by atoms with Crippen molar-refractivity contribution in [2.24, 2.45) is 0 Å². The Bertz CT molecular complexity index is 311. The zero-order chi connectivity index (χ0) is 12.7. The van der Waals surface area contributed by atoms with Gasteiger partial charge in [-0.3, -0.25) is 0 Å². The molecule has 0 radical (unpaired) electrons. The summed E-state index contributed by atoms with van der Waals surface area (Å²) in [5.41, 5.74) is 0. The molecule has 98 valence electrons. The normalized spacial score (nSPS) is 13.2. The molecule has 1 atom stereocenters. The fraction of sp³-hybridized carbons (Fsp3) is 0.909. The fourth-order valence-electron chi connectivity index (χ4n) is 1.85. The van der Waals surface area contributed by atoms with Gasteiger partial charge in [-0.1, -0.05) is 13.8 Å². The van der Waals surface area contributed by atoms with E-state index in [1.807, 2.05) is 4.68 Å². The van der Waals surface area contributed by atoms with Gasteiger partial charge in [-0.15, -0.1) is 5.10 Å². The fourth-order valence-corrected chi connectivity index (χ4v) is 1.85. The predicted octanol–water partition coefficient (Wildman–Crippen LogP) is 1.33. The monoisotopic (exact) mass is 241 g/mol. The van der Waals surface area contributed by atoms with Crippen LogP contribution in [0.5, 0.6) is 0 Å². The van der Waals surface area contributed by atoms with E-state index in [1.165, 1.54) is 0 Å². The molecule has 0 bridgehead atoms. The lowest BCUT2D eigenvalue weighted by molar-refractivity contribution is 0.195. The van der Waals surface area contributed by atoms with Crippen LogP contribution in [0.2, 0.25) is 0 Å². The van der Waals surface area contributed by atoms with Crippen LogP contribution in [0.1, 0.15) is 51.5 Å². The molecule has 6 nitrogen and oxygen atoms in total. The predicted molar refractivity (Wildman–Crippen MR) is 65.7 cm³/mol. The van der Waals surface area contributed by atoms with Crippen molar-refractivity contribution < 1.29 is 4.74 Å². The molecule has 17 heavy (non-hydrogen) atoms. The highest BCUT2D eigenvalue weighted by molar-refractivity contribution is 4.91. The molecule has 1 heterocycles. The molecule has 0 saturated carbocycles. The van der Waals surface area contributed by atoms with Gasteiger partial charge in [-0.05, 0) is 30.2 Å². The molecule has 0 aliphatic carbocycles. The van der Waals surface area contributed by atoms with E-state index in [-0.39, 0.29) is 6.04 Å². The van der Waals surface area contributed by atoms with Gasteiger partial charge in [0.05, 0.1) is 18.7 Å². The van der Waals surface area contributed by atoms with Gasteiger partial charge in [0.15, 0.2) is 5.82 Å². The topological polar surface area (TPSA) is 64.9 Å². The van der Waals surface area contributed by atoms with Crippen LogP contribution in [0.4, 0.5) is 0 Å². The van der Waals surface area contributed by atoms with Crippen LogP contribution in [0, 0.1) is 0 Å². The van der Waals surface area contributed by atoms with Gasteiger partial charge in [-0.25, -0.2) is 4.68 Å². The van der Waals surface area contributed by atoms with Gasteiger partial charge in [0, 0.05) is 13.7 Å². The van der Waals surface area contributed by atoms with E-state index in [0.717, 1.165) is 25.2 Å². The zero-order valence-electron chi connectivity index (χ0n) is 11.2. The van der Waals surface area contributed by atoms with Crippen molar-refractivity contribution in [3.63, 3.8) is 0 Å². The molecular weight excluding hydrogens is 218 g/mol. The van der Waals surface area contributed by atoms with Gasteiger partial charge in [0.1, 0.15) is 0 Å². The number of rotatable bonds is 8. The Hall–Kier alpha value is -1.01. The summed E-state index contributed by atoms with van der Waals surface area (Å²) in [6.07, 6.45) is 2.08. The minimum Gasteiger partial charge on any atom is -0.383 e. The highest BCUT2D eigenvalue weighted by atomic mass is 16.5. The molecule has 1 N–H and O–H groups in total. The summed E-state index contributed by atoms with van der Waals surface area (Å²) in [6, 6.07) is 0.521. The summed E-state index contributed by atoms with van der Waals surface area (Å²) in [5.74, 6) is 0.898. The third kappa shape index (κ3) is 3.74. The van der Waals surface area contributed by atoms with Crippen molar-refractivity contribution in [3.05, 3.63) is 5.82 Å². The Morgan fingerprint density at radius 3 is 2.65 bits per heavy atom. The van der Waals surface area contributed by atoms with Crippen molar-refractivity contribution in [1.29, 1.82) is 0 Å². The highest BCUT2D eigenvalue weighted by Gasteiger charge is 2.18. The van der Waals surface area contributed by atoms with E-state index < -0.39 is 0 Å². The van der Waals surface area contributed by atoms with Crippen LogP contribution in [-0.4, -0.2) is 40.5 Å². The second kappa shape index (κ2) is 7.34. The second-order valence-corrected chi connectivity index (χ2v) is 4.12. The standard InChI is InChI=1S/C11H23N5O/c1-5-10(6-2)16-11(13-14-15-16)9(3)12-7-8-17-4/h9-10,12H,5-8H2,1-4H3. The van der Waals surface area contributed by atoms with Crippen molar-refractivity contribution >= 4 is 0 Å². The third-order valence-corrected chi connectivity index (χ3v) is 2.95. The van der Waals surface area contributed by atoms with E-state index >= 15 is 0 Å². The Morgan fingerprint density at radius 1 is 1.35 bits per heavy atom. The Kier molecular flexibility index (Phi) is 6.07. The molecular formula is C11H23N5O. The maximum atomic E-state index is 5.01. The summed E-state index contributed by atoms with van der Waals surface area (Å²) >= 11 is 0. The van der Waals surface area contributed by atoms with Crippen molar-refractivity contribution in [3.8, 4) is 0 Å². The quantitative estimate of drug-likeness (QED) is 0.696. The van der Waals surface area contributed by atoms with Crippen molar-refractivity contribution in [2.45, 2.75) is 45.7 Å². The first-order valence-electron chi connectivity index (χ1n) is 6.24. The molecule has 1 rings (SSSR count). The van der Waals surface area contributed by atoms with Gasteiger partial charge in [0.2, 0.25) is 0 Å². The highest BCUT2D eigenvalue weighted by Crippen LogP contribution is 2.18. The first-order chi connectivity index (χ1) is 8.24. The van der Waals surface area contributed by atoms with Crippen LogP contribution in [0.25, 0.3) is 0 Å². The number of nitrogens with zero attached hydrogens (tertiary/aromatic N) is 4. The molecule has 1 aromatic heterocycles. The smallest absolute Gasteiger partial charge is 0.168 e. The number of hydrogen-bond acceptors (Lipinski definition) is 5. The Morgan fingerprint density at radius 2 is 2.06 bits per heavy atom. The summed E-state index contributed by atoms with van der Waals surface area (Å²) in [4.78, 5) is 0. The molecule has 6 heteroatoms. The van der Waals surface area contributed by atoms with Crippen molar-refractivity contribution in [2.75, 3.05) is 20.3 Å². The molecule has 0 aromatic carbocycles. The summed E-state index contributed by atoms with van der Waals surface area (Å²) in [7, 11) is 1.70. The lowest BCUT2D eigenvalue weighted by Gasteiger charge is -2.18. The molecule has 0 saturated heterocycles. The van der Waals surface area contributed by atoms with Gasteiger partial charge in [0.25, 0.3) is 0 Å². The van der Waals surface area contributed by atoms with Crippen LogP contribution in [0.3, 0.4) is 0 Å². The molecule has 0 amide bonds. The minimum atomic E-state index is 0.140. The van der Waals surface area contributed by atoms with E-state index in [1.54, 1.807) is 7.11 Å². The number of nitrogens with one attached hydrogen (secondary N) is 1. The average molecular weight is 241 g/mol. The second-order valence-electron chi connectivity index (χ2n) is 4.12. The molecule has 1 unspecified atom stereocenters. The van der Waals surface area contributed by atoms with E-state index in [2.05, 4.69) is 41.6 Å². The first-order valence-corrected chi connectivity index (χ1v) is 6.24. The first kappa shape index (κ1) is 14.1. The van der Waals surface area contributed by atoms with E-state index in [4.69, 9.17) is 4.74 Å². The maximum absolute atomic E-state index is 5.01. The number of hydrogen-bond donors (Lipinski definition) is 1. The summed E-state index contributed by atoms with van der Waals surface area (Å²) in [5, 5.41) is 15.3. The maximum Gasteiger partial charge on any atom is 0.168 e. The molecule has 0 spiro atoms. The zero-order valence-corrected chi connectivity index (χ0v) is 11.2. The van der Waals surface area contributed by atoms with E-state index in [9.17, 15) is 0 Å². The molecule has 0 aliphatic rings. The molecule has 1 aromatic rings. The van der Waals surface area contributed by atoms with Crippen molar-refractivity contribution in [1.82, 2.24) is 25.5 Å². The number of methoxy groups -OCH3 is 1. The SMILES string of the molecule is CCC(CC)n1nnnc1C(C)NCCOC. The van der Waals surface area contributed by atoms with Gasteiger partial charge >= 0.3 is 0 Å². The summed E-state index contributed by atoms with van der Waals surface area (Å²) in [6.45, 7) is 7.87. The minimum absolute atomic E-state index is 0.140. The number of tetrazole rings is 1. The van der Waals surface area contributed by atoms with Crippen LogP contribution >= 0.6 is 0 Å². The average Bonchev–Trinajstić information content (AvgIpc) is 2.80. The van der Waals surface area contributed by atoms with Crippen LogP contribution < -0.4 is 5.32 Å². The van der Waals surface area contributed by atoms with E-state index in [0.29, 0.717) is 12.6 Å². The summed E-state index contributed by atoms with van der Waals surface area (Å²) < 4.78 is 6.94. The van der Waals surface area contributed by atoms with Crippen LogP contribution in [0.15, 0.2) is 0 Å². The Labute approximate surface area is 103 Å². The van der Waals surface area contributed by atoms with Gasteiger partial charge < -0.3 is 10.1 Å². The lowest BCUT2D eigenvalue weighted by atomic mass is 10.1. The third-order valence-electron chi connectivity index (χ3n) is 2.95. The number of ether oxygens (including phenoxy) is 1. The largest absolute Gasteiger partial charge is 0.383 e. The Balaban J connectivity index is 2.66. The number of aromatic nitrogens is 4. The molecule has 0 aliphatic heterocycles. The lowest BCUT2D eigenvalue weighted by Crippen LogP contribution is -2.26.